The molecule has 1 aromatic heterocycles. The molecular weight excluding hydrogens is 428 g/mol. The van der Waals surface area contributed by atoms with Crippen LogP contribution in [0.2, 0.25) is 0 Å². The molecule has 2 aromatic carbocycles. The first kappa shape index (κ1) is 22.9. The topological polar surface area (TPSA) is 67.4 Å². The lowest BCUT2D eigenvalue weighted by molar-refractivity contribution is -0.126. The molecule has 0 saturated carbocycles. The van der Waals surface area contributed by atoms with Gasteiger partial charge in [-0.2, -0.15) is 11.3 Å². The van der Waals surface area contributed by atoms with Gasteiger partial charge in [-0.3, -0.25) is 9.59 Å². The van der Waals surface area contributed by atoms with Gasteiger partial charge in [0.15, 0.2) is 0 Å². The van der Waals surface area contributed by atoms with Crippen LogP contribution in [0.5, 0.6) is 5.75 Å². The maximum atomic E-state index is 13.1. The van der Waals surface area contributed by atoms with Crippen molar-refractivity contribution in [3.63, 3.8) is 0 Å². The summed E-state index contributed by atoms with van der Waals surface area (Å²) in [4.78, 5) is 27.0. The number of anilines is 1. The molecule has 7 heteroatoms. The normalized spacial score (nSPS) is 12.6. The molecule has 2 amide bonds. The average Bonchev–Trinajstić information content (AvgIpc) is 3.25. The molecule has 0 saturated heterocycles. The van der Waals surface area contributed by atoms with E-state index in [2.05, 4.69) is 29.4 Å². The van der Waals surface area contributed by atoms with Crippen molar-refractivity contribution < 1.29 is 14.3 Å². The maximum absolute atomic E-state index is 13.1. The third kappa shape index (κ3) is 6.35. The van der Waals surface area contributed by atoms with Crippen molar-refractivity contribution in [3.8, 4) is 5.75 Å². The predicted octanol–water partition coefficient (Wildman–Crippen LogP) is 4.85. The van der Waals surface area contributed by atoms with Crippen molar-refractivity contribution in [3.05, 3.63) is 76.5 Å². The van der Waals surface area contributed by atoms with Crippen molar-refractivity contribution in [2.45, 2.75) is 17.4 Å². The molecule has 164 valence electrons. The maximum Gasteiger partial charge on any atom is 0.251 e. The van der Waals surface area contributed by atoms with Crippen LogP contribution in [0.1, 0.15) is 17.2 Å². The summed E-state index contributed by atoms with van der Waals surface area (Å²) in [6, 6.07) is 16.1. The minimum atomic E-state index is -0.836. The third-order valence-electron chi connectivity index (χ3n) is 4.79. The first-order valence-electron chi connectivity index (χ1n) is 9.80. The number of carbonyl (C=O) groups is 2. The minimum Gasteiger partial charge on any atom is -0.497 e. The molecule has 0 aliphatic heterocycles. The fraction of sp³-hybridized carbons (Fsp3) is 0.250. The molecule has 2 N–H and O–H groups in total. The number of amides is 2. The number of hydrogen-bond donors (Lipinski definition) is 2. The fourth-order valence-electron chi connectivity index (χ4n) is 3.05. The van der Waals surface area contributed by atoms with Gasteiger partial charge in [0.05, 0.1) is 13.5 Å². The van der Waals surface area contributed by atoms with Gasteiger partial charge in [0.2, 0.25) is 5.91 Å². The standard InChI is InChI=1S/C24H28N2O3S2/c1-29-20-9-5-18(6-10-20)23(26-22(27)15-17-13-14-30-16-17)24(28)25-19-7-11-21(12-8-19)31(2,3)4/h5-14,16,23H,15H2,1-4H3,(H,25,28)(H,26,27). The number of ether oxygens (including phenoxy) is 1. The molecule has 1 heterocycles. The van der Waals surface area contributed by atoms with E-state index in [1.54, 1.807) is 42.7 Å². The molecule has 3 rings (SSSR count). The van der Waals surface area contributed by atoms with Crippen molar-refractivity contribution in [1.82, 2.24) is 5.32 Å². The second-order valence-electron chi connectivity index (χ2n) is 7.93. The van der Waals surface area contributed by atoms with E-state index in [0.717, 1.165) is 5.56 Å². The van der Waals surface area contributed by atoms with Crippen LogP contribution in [0.4, 0.5) is 5.69 Å². The molecule has 5 nitrogen and oxygen atoms in total. The van der Waals surface area contributed by atoms with Crippen molar-refractivity contribution in [2.24, 2.45) is 0 Å². The largest absolute Gasteiger partial charge is 0.497 e. The third-order valence-corrected chi connectivity index (χ3v) is 7.21. The molecule has 0 fully saturated rings. The molecule has 0 aliphatic rings. The second kappa shape index (κ2) is 10.0. The van der Waals surface area contributed by atoms with E-state index in [1.165, 1.54) is 4.90 Å². The van der Waals surface area contributed by atoms with Crippen LogP contribution in [-0.4, -0.2) is 37.7 Å². The highest BCUT2D eigenvalue weighted by Gasteiger charge is 2.23. The first-order valence-corrected chi connectivity index (χ1v) is 13.6. The highest BCUT2D eigenvalue weighted by atomic mass is 32.3. The monoisotopic (exact) mass is 456 g/mol. The van der Waals surface area contributed by atoms with E-state index in [-0.39, 0.29) is 18.2 Å². The number of rotatable bonds is 8. The molecular formula is C24H28N2O3S2. The minimum absolute atomic E-state index is 0.207. The van der Waals surface area contributed by atoms with Crippen molar-refractivity contribution >= 4 is 38.9 Å². The number of benzene rings is 2. The summed E-state index contributed by atoms with van der Waals surface area (Å²) < 4.78 is 5.21. The molecule has 0 bridgehead atoms. The second-order valence-corrected chi connectivity index (χ2v) is 12.9. The summed E-state index contributed by atoms with van der Waals surface area (Å²) >= 11 is 1.54. The number of nitrogens with one attached hydrogen (secondary N) is 2. The van der Waals surface area contributed by atoms with Gasteiger partial charge >= 0.3 is 0 Å². The van der Waals surface area contributed by atoms with E-state index in [9.17, 15) is 9.59 Å². The summed E-state index contributed by atoms with van der Waals surface area (Å²) in [5.41, 5.74) is 2.31. The first-order chi connectivity index (χ1) is 14.8. The Bertz CT molecular complexity index is 1010. The Morgan fingerprint density at radius 1 is 1.00 bits per heavy atom. The Morgan fingerprint density at radius 2 is 1.68 bits per heavy atom. The van der Waals surface area contributed by atoms with Gasteiger partial charge in [-0.1, -0.05) is 12.1 Å². The van der Waals surface area contributed by atoms with E-state index < -0.39 is 16.1 Å². The number of carbonyl (C=O) groups excluding carboxylic acids is 2. The summed E-state index contributed by atoms with van der Waals surface area (Å²) in [5.74, 6) is 0.188. The van der Waals surface area contributed by atoms with E-state index in [4.69, 9.17) is 4.74 Å². The van der Waals surface area contributed by atoms with Gasteiger partial charge in [0.25, 0.3) is 5.91 Å². The summed E-state index contributed by atoms with van der Waals surface area (Å²) in [5, 5.41) is 9.68. The number of hydrogen-bond acceptors (Lipinski definition) is 4. The van der Waals surface area contributed by atoms with Crippen molar-refractivity contribution in [2.75, 3.05) is 31.2 Å². The van der Waals surface area contributed by atoms with Gasteiger partial charge in [-0.05, 0) is 88.0 Å². The molecule has 0 radical (unpaired) electrons. The van der Waals surface area contributed by atoms with Crippen LogP contribution in [-0.2, 0) is 16.0 Å². The molecule has 1 unspecified atom stereocenters. The van der Waals surface area contributed by atoms with Crippen molar-refractivity contribution in [1.29, 1.82) is 0 Å². The highest BCUT2D eigenvalue weighted by Crippen LogP contribution is 2.45. The zero-order valence-electron chi connectivity index (χ0n) is 18.2. The molecule has 0 aliphatic carbocycles. The molecule has 1 atom stereocenters. The average molecular weight is 457 g/mol. The van der Waals surface area contributed by atoms with Crippen LogP contribution >= 0.6 is 21.4 Å². The van der Waals surface area contributed by atoms with Crippen LogP contribution in [0.15, 0.2) is 70.3 Å². The van der Waals surface area contributed by atoms with Crippen LogP contribution in [0.25, 0.3) is 0 Å². The van der Waals surface area contributed by atoms with E-state index in [0.29, 0.717) is 17.0 Å². The van der Waals surface area contributed by atoms with Gasteiger partial charge in [0.1, 0.15) is 11.8 Å². The molecule has 3 aromatic rings. The Kier molecular flexibility index (Phi) is 7.41. The Labute approximate surface area is 189 Å². The SMILES string of the molecule is COc1ccc(C(NC(=O)Cc2ccsc2)C(=O)Nc2ccc(S(C)(C)C)cc2)cc1. The van der Waals surface area contributed by atoms with Crippen LogP contribution in [0.3, 0.4) is 0 Å². The lowest BCUT2D eigenvalue weighted by Gasteiger charge is -2.26. The van der Waals surface area contributed by atoms with Gasteiger partial charge in [-0.25, -0.2) is 10.0 Å². The van der Waals surface area contributed by atoms with Gasteiger partial charge < -0.3 is 15.4 Å². The zero-order chi connectivity index (χ0) is 22.4. The lowest BCUT2D eigenvalue weighted by atomic mass is 10.0. The Balaban J connectivity index is 1.78. The van der Waals surface area contributed by atoms with E-state index >= 15 is 0 Å². The van der Waals surface area contributed by atoms with E-state index in [1.807, 2.05) is 41.1 Å². The van der Waals surface area contributed by atoms with Gasteiger partial charge in [0, 0.05) is 5.69 Å². The van der Waals surface area contributed by atoms with Crippen LogP contribution < -0.4 is 15.4 Å². The number of thiophene rings is 1. The van der Waals surface area contributed by atoms with Crippen LogP contribution in [0, 0.1) is 0 Å². The predicted molar refractivity (Wildman–Crippen MR) is 131 cm³/mol. The summed E-state index contributed by atoms with van der Waals surface area (Å²) in [6.07, 6.45) is 6.91. The Morgan fingerprint density at radius 3 is 2.23 bits per heavy atom. The Hall–Kier alpha value is -2.77. The lowest BCUT2D eigenvalue weighted by Crippen LogP contribution is -2.37. The summed E-state index contributed by atoms with van der Waals surface area (Å²) in [7, 11) is 0.753. The number of methoxy groups -OCH3 is 1. The fourth-order valence-corrected chi connectivity index (χ4v) is 4.67. The zero-order valence-corrected chi connectivity index (χ0v) is 19.8. The van der Waals surface area contributed by atoms with Gasteiger partial charge in [-0.15, -0.1) is 0 Å². The molecule has 31 heavy (non-hydrogen) atoms. The summed E-state index contributed by atoms with van der Waals surface area (Å²) in [6.45, 7) is 0. The smallest absolute Gasteiger partial charge is 0.251 e. The highest BCUT2D eigenvalue weighted by molar-refractivity contribution is 8.32. The quantitative estimate of drug-likeness (QED) is 0.509. The molecule has 0 spiro atoms.